The molecule has 1 heterocycles. The van der Waals surface area contributed by atoms with Gasteiger partial charge in [0.2, 0.25) is 5.91 Å². The number of rotatable bonds is 4. The van der Waals surface area contributed by atoms with Gasteiger partial charge in [0.1, 0.15) is 0 Å². The van der Waals surface area contributed by atoms with Crippen molar-refractivity contribution in [1.29, 1.82) is 0 Å². The number of nitrogens with zero attached hydrogens (tertiary/aromatic N) is 1. The third kappa shape index (κ3) is 3.03. The lowest BCUT2D eigenvalue weighted by molar-refractivity contribution is 0.0999. The molecule has 0 bridgehead atoms. The standard InChI is InChI=1S/C17H21ClN2O/c1-16(2,3)17(9-5-11-20-17)10-8-12-6-4-7-13(18)14(12)15(19)21/h4-7,9,11H,8,10H2,1-3H3,(H2,19,21). The molecular weight excluding hydrogens is 284 g/mol. The molecule has 21 heavy (non-hydrogen) atoms. The Kier molecular flexibility index (Phi) is 4.24. The molecule has 4 heteroatoms. The van der Waals surface area contributed by atoms with Crippen LogP contribution in [-0.2, 0) is 6.42 Å². The molecule has 2 N–H and O–H groups in total. The van der Waals surface area contributed by atoms with Gasteiger partial charge in [-0.15, -0.1) is 0 Å². The topological polar surface area (TPSA) is 55.5 Å². The zero-order chi connectivity index (χ0) is 15.7. The minimum Gasteiger partial charge on any atom is -0.366 e. The number of primary amides is 1. The quantitative estimate of drug-likeness (QED) is 0.904. The number of amides is 1. The van der Waals surface area contributed by atoms with Crippen molar-refractivity contribution in [2.75, 3.05) is 0 Å². The van der Waals surface area contributed by atoms with Gasteiger partial charge in [0.25, 0.3) is 0 Å². The lowest BCUT2D eigenvalue weighted by atomic mass is 9.71. The van der Waals surface area contributed by atoms with Crippen molar-refractivity contribution in [1.82, 2.24) is 0 Å². The zero-order valence-corrected chi connectivity index (χ0v) is 13.4. The smallest absolute Gasteiger partial charge is 0.250 e. The van der Waals surface area contributed by atoms with Gasteiger partial charge < -0.3 is 5.73 Å². The van der Waals surface area contributed by atoms with Gasteiger partial charge in [-0.2, -0.15) is 0 Å². The van der Waals surface area contributed by atoms with E-state index in [-0.39, 0.29) is 11.0 Å². The highest BCUT2D eigenvalue weighted by molar-refractivity contribution is 6.34. The minimum atomic E-state index is -0.481. The number of nitrogens with two attached hydrogens (primary N) is 1. The maximum Gasteiger partial charge on any atom is 0.250 e. The fourth-order valence-corrected chi connectivity index (χ4v) is 3.05. The Morgan fingerprint density at radius 2 is 2.10 bits per heavy atom. The summed E-state index contributed by atoms with van der Waals surface area (Å²) in [6.07, 6.45) is 7.49. The van der Waals surface area contributed by atoms with Crippen LogP contribution in [0.25, 0.3) is 0 Å². The summed E-state index contributed by atoms with van der Waals surface area (Å²) < 4.78 is 0. The Morgan fingerprint density at radius 3 is 2.62 bits per heavy atom. The molecule has 1 atom stereocenters. The fourth-order valence-electron chi connectivity index (χ4n) is 2.77. The molecule has 0 fully saturated rings. The summed E-state index contributed by atoms with van der Waals surface area (Å²) in [4.78, 5) is 16.3. The first-order valence-corrected chi connectivity index (χ1v) is 7.45. The van der Waals surface area contributed by atoms with Crippen LogP contribution in [-0.4, -0.2) is 17.7 Å². The van der Waals surface area contributed by atoms with Crippen molar-refractivity contribution < 1.29 is 4.79 Å². The van der Waals surface area contributed by atoms with Gasteiger partial charge in [-0.05, 0) is 36.0 Å². The van der Waals surface area contributed by atoms with Crippen LogP contribution < -0.4 is 5.73 Å². The van der Waals surface area contributed by atoms with Crippen LogP contribution >= 0.6 is 11.6 Å². The molecular formula is C17H21ClN2O. The Labute approximate surface area is 130 Å². The highest BCUT2D eigenvalue weighted by Gasteiger charge is 2.40. The highest BCUT2D eigenvalue weighted by Crippen LogP contribution is 2.41. The molecule has 1 aliphatic rings. The van der Waals surface area contributed by atoms with Gasteiger partial charge in [0.05, 0.1) is 16.1 Å². The Bertz CT molecular complexity index is 600. The molecule has 1 aromatic rings. The maximum absolute atomic E-state index is 11.6. The normalized spacial score (nSPS) is 21.0. The number of benzene rings is 1. The van der Waals surface area contributed by atoms with E-state index in [0.29, 0.717) is 17.0 Å². The molecule has 1 aromatic carbocycles. The van der Waals surface area contributed by atoms with E-state index in [2.05, 4.69) is 31.8 Å². The van der Waals surface area contributed by atoms with E-state index in [1.54, 1.807) is 6.07 Å². The summed E-state index contributed by atoms with van der Waals surface area (Å²) in [5.74, 6) is -0.481. The zero-order valence-electron chi connectivity index (χ0n) is 12.7. The molecule has 2 rings (SSSR count). The summed E-state index contributed by atoms with van der Waals surface area (Å²) in [6.45, 7) is 6.52. The first-order chi connectivity index (χ1) is 9.77. The third-order valence-electron chi connectivity index (χ3n) is 4.18. The number of halogens is 1. The number of allylic oxidation sites excluding steroid dienone is 1. The predicted octanol–water partition coefficient (Wildman–Crippen LogP) is 3.80. The van der Waals surface area contributed by atoms with Gasteiger partial charge in [-0.3, -0.25) is 9.79 Å². The van der Waals surface area contributed by atoms with Crippen LogP contribution in [0.3, 0.4) is 0 Å². The number of aryl methyl sites for hydroxylation is 1. The van der Waals surface area contributed by atoms with Crippen LogP contribution in [0, 0.1) is 5.41 Å². The van der Waals surface area contributed by atoms with Crippen molar-refractivity contribution in [2.24, 2.45) is 16.1 Å². The van der Waals surface area contributed by atoms with Crippen molar-refractivity contribution in [3.63, 3.8) is 0 Å². The van der Waals surface area contributed by atoms with E-state index < -0.39 is 5.91 Å². The SMILES string of the molecule is CC(C)(C)C1(CCc2cccc(Cl)c2C(N)=O)C=CC=N1. The molecule has 112 valence electrons. The lowest BCUT2D eigenvalue weighted by Crippen LogP contribution is -2.38. The molecule has 1 unspecified atom stereocenters. The van der Waals surface area contributed by atoms with Crippen LogP contribution in [0.2, 0.25) is 5.02 Å². The van der Waals surface area contributed by atoms with Crippen molar-refractivity contribution in [3.05, 3.63) is 46.5 Å². The minimum absolute atomic E-state index is 0.00195. The average Bonchev–Trinajstić information content (AvgIpc) is 2.85. The second-order valence-corrected chi connectivity index (χ2v) is 6.86. The van der Waals surface area contributed by atoms with E-state index in [0.717, 1.165) is 12.0 Å². The molecule has 0 saturated heterocycles. The maximum atomic E-state index is 11.6. The lowest BCUT2D eigenvalue weighted by Gasteiger charge is -2.38. The van der Waals surface area contributed by atoms with Crippen molar-refractivity contribution >= 4 is 23.7 Å². The molecule has 0 saturated carbocycles. The summed E-state index contributed by atoms with van der Waals surface area (Å²) in [7, 11) is 0. The van der Waals surface area contributed by atoms with Crippen LogP contribution in [0.15, 0.2) is 35.3 Å². The van der Waals surface area contributed by atoms with Crippen LogP contribution in [0.4, 0.5) is 0 Å². The van der Waals surface area contributed by atoms with Gasteiger partial charge in [0.15, 0.2) is 0 Å². The average molecular weight is 305 g/mol. The summed E-state index contributed by atoms with van der Waals surface area (Å²) in [6, 6.07) is 5.45. The van der Waals surface area contributed by atoms with E-state index in [4.69, 9.17) is 17.3 Å². The summed E-state index contributed by atoms with van der Waals surface area (Å²) in [5.41, 5.74) is 6.52. The second kappa shape index (κ2) is 5.64. The molecule has 1 amide bonds. The highest BCUT2D eigenvalue weighted by atomic mass is 35.5. The van der Waals surface area contributed by atoms with E-state index >= 15 is 0 Å². The fraction of sp³-hybridized carbons (Fsp3) is 0.412. The van der Waals surface area contributed by atoms with E-state index in [9.17, 15) is 4.79 Å². The molecule has 3 nitrogen and oxygen atoms in total. The molecule has 0 aliphatic carbocycles. The predicted molar refractivity (Wildman–Crippen MR) is 88.1 cm³/mol. The van der Waals surface area contributed by atoms with E-state index in [1.807, 2.05) is 24.4 Å². The Balaban J connectivity index is 2.28. The number of hydrogen-bond acceptors (Lipinski definition) is 2. The molecule has 0 aromatic heterocycles. The Morgan fingerprint density at radius 1 is 1.38 bits per heavy atom. The van der Waals surface area contributed by atoms with Gasteiger partial charge >= 0.3 is 0 Å². The number of carbonyl (C=O) groups excluding carboxylic acids is 1. The first kappa shape index (κ1) is 15.8. The second-order valence-electron chi connectivity index (χ2n) is 6.45. The number of hydrogen-bond donors (Lipinski definition) is 1. The van der Waals surface area contributed by atoms with Crippen molar-refractivity contribution in [3.8, 4) is 0 Å². The van der Waals surface area contributed by atoms with Gasteiger partial charge in [-0.25, -0.2) is 0 Å². The largest absolute Gasteiger partial charge is 0.366 e. The third-order valence-corrected chi connectivity index (χ3v) is 4.50. The molecule has 0 spiro atoms. The van der Waals surface area contributed by atoms with E-state index in [1.165, 1.54) is 0 Å². The van der Waals surface area contributed by atoms with Crippen LogP contribution in [0.5, 0.6) is 0 Å². The van der Waals surface area contributed by atoms with Gasteiger partial charge in [-0.1, -0.05) is 50.6 Å². The summed E-state index contributed by atoms with van der Waals surface area (Å²) in [5, 5.41) is 0.412. The number of aliphatic imine (C=N–C) groups is 1. The first-order valence-electron chi connectivity index (χ1n) is 7.07. The molecule has 1 aliphatic heterocycles. The monoisotopic (exact) mass is 304 g/mol. The van der Waals surface area contributed by atoms with Gasteiger partial charge in [0, 0.05) is 6.21 Å². The molecule has 0 radical (unpaired) electrons. The van der Waals surface area contributed by atoms with Crippen LogP contribution in [0.1, 0.15) is 43.1 Å². The Hall–Kier alpha value is -1.61. The summed E-state index contributed by atoms with van der Waals surface area (Å²) >= 11 is 6.10. The number of carbonyl (C=O) groups is 1. The van der Waals surface area contributed by atoms with Crippen molar-refractivity contribution in [2.45, 2.75) is 39.2 Å².